The monoisotopic (exact) mass is 389 g/mol. The summed E-state index contributed by atoms with van der Waals surface area (Å²) in [4.78, 5) is 23.3. The van der Waals surface area contributed by atoms with Gasteiger partial charge in [0.2, 0.25) is 6.54 Å². The number of carbonyl (C=O) groups is 1. The first kappa shape index (κ1) is 18.3. The standard InChI is InChI=1S/C19H20BrNO3/c1-11-12(2)14(4)17(16(13(11)3)10-21(23)24)19(22)18(20)15-8-6-5-7-9-15/h5-9,18H,10H2,1-4H3. The van der Waals surface area contributed by atoms with Crippen LogP contribution >= 0.6 is 15.9 Å². The molecule has 2 aromatic carbocycles. The van der Waals surface area contributed by atoms with E-state index in [0.29, 0.717) is 11.1 Å². The van der Waals surface area contributed by atoms with Crippen LogP contribution in [0.5, 0.6) is 0 Å². The lowest BCUT2D eigenvalue weighted by molar-refractivity contribution is -0.496. The molecule has 126 valence electrons. The summed E-state index contributed by atoms with van der Waals surface area (Å²) in [5, 5.41) is 11.1. The minimum absolute atomic E-state index is 0.137. The molecule has 0 aliphatic heterocycles. The van der Waals surface area contributed by atoms with Gasteiger partial charge in [0.05, 0.1) is 0 Å². The Morgan fingerprint density at radius 2 is 1.58 bits per heavy atom. The van der Waals surface area contributed by atoms with Crippen molar-refractivity contribution in [1.29, 1.82) is 0 Å². The average molecular weight is 390 g/mol. The first-order chi connectivity index (χ1) is 11.3. The number of carbonyl (C=O) groups excluding carboxylic acids is 1. The number of benzene rings is 2. The van der Waals surface area contributed by atoms with Crippen molar-refractivity contribution < 1.29 is 9.72 Å². The van der Waals surface area contributed by atoms with Crippen LogP contribution in [0.2, 0.25) is 0 Å². The third-order valence-corrected chi connectivity index (χ3v) is 5.62. The van der Waals surface area contributed by atoms with Crippen molar-refractivity contribution in [1.82, 2.24) is 0 Å². The van der Waals surface area contributed by atoms with E-state index in [1.165, 1.54) is 0 Å². The van der Waals surface area contributed by atoms with Crippen molar-refractivity contribution in [3.63, 3.8) is 0 Å². The zero-order chi connectivity index (χ0) is 18.0. The molecule has 0 fully saturated rings. The predicted molar refractivity (Wildman–Crippen MR) is 98.5 cm³/mol. The summed E-state index contributed by atoms with van der Waals surface area (Å²) < 4.78 is 0. The van der Waals surface area contributed by atoms with Crippen LogP contribution in [0.3, 0.4) is 0 Å². The molecule has 0 saturated carbocycles. The molecule has 0 spiro atoms. The molecular formula is C19H20BrNO3. The lowest BCUT2D eigenvalue weighted by Gasteiger charge is -2.20. The highest BCUT2D eigenvalue weighted by Gasteiger charge is 2.28. The number of nitrogens with zero attached hydrogens (tertiary/aromatic N) is 1. The van der Waals surface area contributed by atoms with Crippen LogP contribution in [0.25, 0.3) is 0 Å². The molecule has 4 nitrogen and oxygen atoms in total. The maximum absolute atomic E-state index is 13.1. The lowest BCUT2D eigenvalue weighted by atomic mass is 9.85. The van der Waals surface area contributed by atoms with Crippen LogP contribution in [0.4, 0.5) is 0 Å². The zero-order valence-electron chi connectivity index (χ0n) is 14.2. The third-order valence-electron chi connectivity index (χ3n) is 4.67. The van der Waals surface area contributed by atoms with E-state index in [0.717, 1.165) is 27.8 Å². The quantitative estimate of drug-likeness (QED) is 0.312. The van der Waals surface area contributed by atoms with E-state index in [2.05, 4.69) is 15.9 Å². The molecule has 0 aliphatic rings. The van der Waals surface area contributed by atoms with Gasteiger partial charge in [-0.1, -0.05) is 46.3 Å². The van der Waals surface area contributed by atoms with E-state index in [-0.39, 0.29) is 17.3 Å². The second-order valence-electron chi connectivity index (χ2n) is 5.98. The van der Waals surface area contributed by atoms with Crippen LogP contribution in [0.1, 0.15) is 48.6 Å². The topological polar surface area (TPSA) is 60.2 Å². The van der Waals surface area contributed by atoms with E-state index in [9.17, 15) is 14.9 Å². The molecule has 5 heteroatoms. The maximum Gasteiger partial charge on any atom is 0.229 e. The van der Waals surface area contributed by atoms with Gasteiger partial charge in [-0.3, -0.25) is 14.9 Å². The van der Waals surface area contributed by atoms with Crippen molar-refractivity contribution in [3.8, 4) is 0 Å². The summed E-state index contributed by atoms with van der Waals surface area (Å²) in [5.41, 5.74) is 5.49. The summed E-state index contributed by atoms with van der Waals surface area (Å²) in [6, 6.07) is 9.36. The minimum Gasteiger partial charge on any atom is -0.293 e. The Hall–Kier alpha value is -2.01. The number of hydrogen-bond acceptors (Lipinski definition) is 3. The van der Waals surface area contributed by atoms with Crippen LogP contribution in [-0.2, 0) is 6.54 Å². The summed E-state index contributed by atoms with van der Waals surface area (Å²) in [5.74, 6) is -0.137. The fourth-order valence-corrected chi connectivity index (χ4v) is 3.48. The van der Waals surface area contributed by atoms with E-state index in [1.807, 2.05) is 58.0 Å². The summed E-state index contributed by atoms with van der Waals surface area (Å²) in [7, 11) is 0. The van der Waals surface area contributed by atoms with Crippen LogP contribution in [0.15, 0.2) is 30.3 Å². The largest absolute Gasteiger partial charge is 0.293 e. The van der Waals surface area contributed by atoms with Crippen LogP contribution in [-0.4, -0.2) is 10.7 Å². The molecule has 0 aromatic heterocycles. The molecule has 0 amide bonds. The van der Waals surface area contributed by atoms with Crippen LogP contribution < -0.4 is 0 Å². The van der Waals surface area contributed by atoms with Gasteiger partial charge in [-0.25, -0.2) is 0 Å². The number of hydrogen-bond donors (Lipinski definition) is 0. The maximum atomic E-state index is 13.1. The smallest absolute Gasteiger partial charge is 0.229 e. The molecule has 0 aliphatic carbocycles. The number of nitro groups is 1. The predicted octanol–water partition coefficient (Wildman–Crippen LogP) is 5.02. The van der Waals surface area contributed by atoms with E-state index < -0.39 is 4.83 Å². The van der Waals surface area contributed by atoms with Gasteiger partial charge in [-0.15, -0.1) is 0 Å². The van der Waals surface area contributed by atoms with Gasteiger partial charge in [0.1, 0.15) is 4.83 Å². The van der Waals surface area contributed by atoms with Crippen molar-refractivity contribution in [2.45, 2.75) is 39.1 Å². The fourth-order valence-electron chi connectivity index (χ4n) is 2.95. The SMILES string of the molecule is Cc1c(C)c(C)c(C(=O)C(Br)c2ccccc2)c(C[N+](=O)[O-])c1C. The molecular weight excluding hydrogens is 370 g/mol. The van der Waals surface area contributed by atoms with Crippen molar-refractivity contribution in [3.05, 3.63) is 79.4 Å². The molecule has 1 atom stereocenters. The van der Waals surface area contributed by atoms with Gasteiger partial charge < -0.3 is 0 Å². The van der Waals surface area contributed by atoms with Gasteiger partial charge in [0, 0.05) is 16.1 Å². The minimum atomic E-state index is -0.524. The van der Waals surface area contributed by atoms with Gasteiger partial charge in [-0.2, -0.15) is 0 Å². The normalized spacial score (nSPS) is 12.0. The number of ketones is 1. The zero-order valence-corrected chi connectivity index (χ0v) is 15.8. The van der Waals surface area contributed by atoms with Crippen molar-refractivity contribution in [2.75, 3.05) is 0 Å². The van der Waals surface area contributed by atoms with Crippen molar-refractivity contribution in [2.24, 2.45) is 0 Å². The first-order valence-corrected chi connectivity index (χ1v) is 8.61. The van der Waals surface area contributed by atoms with E-state index in [1.54, 1.807) is 0 Å². The summed E-state index contributed by atoms with van der Waals surface area (Å²) in [6.07, 6.45) is 0. The summed E-state index contributed by atoms with van der Waals surface area (Å²) in [6.45, 7) is 7.27. The molecule has 0 saturated heterocycles. The number of halogens is 1. The molecule has 0 N–H and O–H groups in total. The van der Waals surface area contributed by atoms with E-state index >= 15 is 0 Å². The Bertz CT molecular complexity index is 800. The second kappa shape index (κ2) is 7.26. The van der Waals surface area contributed by atoms with Crippen molar-refractivity contribution >= 4 is 21.7 Å². The van der Waals surface area contributed by atoms with Gasteiger partial charge in [-0.05, 0) is 55.5 Å². The Labute approximate surface area is 150 Å². The Balaban J connectivity index is 2.63. The molecule has 0 bridgehead atoms. The highest BCUT2D eigenvalue weighted by Crippen LogP contribution is 2.34. The molecule has 24 heavy (non-hydrogen) atoms. The molecule has 0 heterocycles. The Morgan fingerprint density at radius 1 is 1.04 bits per heavy atom. The number of alkyl halides is 1. The molecule has 1 unspecified atom stereocenters. The second-order valence-corrected chi connectivity index (χ2v) is 6.90. The highest BCUT2D eigenvalue weighted by atomic mass is 79.9. The van der Waals surface area contributed by atoms with E-state index in [4.69, 9.17) is 0 Å². The molecule has 2 rings (SSSR count). The highest BCUT2D eigenvalue weighted by molar-refractivity contribution is 9.09. The Morgan fingerprint density at radius 3 is 2.12 bits per heavy atom. The van der Waals surface area contributed by atoms with Crippen LogP contribution in [0, 0.1) is 37.8 Å². The number of rotatable bonds is 5. The Kier molecular flexibility index (Phi) is 5.54. The van der Waals surface area contributed by atoms with Gasteiger partial charge in [0.15, 0.2) is 5.78 Å². The lowest BCUT2D eigenvalue weighted by Crippen LogP contribution is -2.17. The van der Waals surface area contributed by atoms with Gasteiger partial charge >= 0.3 is 0 Å². The molecule has 0 radical (unpaired) electrons. The van der Waals surface area contributed by atoms with Gasteiger partial charge in [0.25, 0.3) is 0 Å². The average Bonchev–Trinajstić information content (AvgIpc) is 2.57. The first-order valence-electron chi connectivity index (χ1n) is 7.70. The molecule has 2 aromatic rings. The fraction of sp³-hybridized carbons (Fsp3) is 0.316. The number of Topliss-reactive ketones (excluding diaryl/α,β-unsaturated/α-hetero) is 1. The third kappa shape index (κ3) is 3.41. The summed E-state index contributed by atoms with van der Waals surface area (Å²) >= 11 is 3.47.